The number of hydrogen-bond acceptors (Lipinski definition) is 6. The summed E-state index contributed by atoms with van der Waals surface area (Å²) in [5.41, 5.74) is 6.11. The summed E-state index contributed by atoms with van der Waals surface area (Å²) >= 11 is 1.21. The van der Waals surface area contributed by atoms with E-state index in [1.165, 1.54) is 31.1 Å². The topological polar surface area (TPSA) is 80.5 Å². The summed E-state index contributed by atoms with van der Waals surface area (Å²) in [6.45, 7) is 6.56. The number of ketones is 1. The first-order valence-corrected chi connectivity index (χ1v) is 9.69. The Bertz CT molecular complexity index is 645. The number of sulfone groups is 1. The van der Waals surface area contributed by atoms with Crippen molar-refractivity contribution in [3.05, 3.63) is 4.88 Å². The average molecular weight is 330 g/mol. The van der Waals surface area contributed by atoms with Gasteiger partial charge in [0.1, 0.15) is 9.90 Å². The van der Waals surface area contributed by atoms with E-state index in [1.807, 2.05) is 11.8 Å². The van der Waals surface area contributed by atoms with E-state index in [-0.39, 0.29) is 22.1 Å². The summed E-state index contributed by atoms with van der Waals surface area (Å²) in [5, 5.41) is 0.633. The van der Waals surface area contributed by atoms with Gasteiger partial charge >= 0.3 is 0 Å². The number of nitrogens with zero attached hydrogens (tertiary/aromatic N) is 1. The van der Waals surface area contributed by atoms with Crippen LogP contribution in [0.5, 0.6) is 0 Å². The van der Waals surface area contributed by atoms with Crippen molar-refractivity contribution in [1.82, 2.24) is 0 Å². The van der Waals surface area contributed by atoms with Crippen molar-refractivity contribution in [3.63, 3.8) is 0 Å². The number of rotatable bonds is 7. The minimum atomic E-state index is -3.45. The molecule has 1 aromatic rings. The summed E-state index contributed by atoms with van der Waals surface area (Å²) in [6.07, 6.45) is 2.37. The van der Waals surface area contributed by atoms with Crippen LogP contribution in [-0.4, -0.2) is 33.0 Å². The molecule has 1 aliphatic rings. The van der Waals surface area contributed by atoms with Gasteiger partial charge in [-0.15, -0.1) is 11.3 Å². The van der Waals surface area contributed by atoms with Gasteiger partial charge in [0.05, 0.1) is 16.3 Å². The number of Topliss-reactive ketones (excluding diaryl/α,β-unsaturated/α-hetero) is 1. The molecule has 1 saturated carbocycles. The lowest BCUT2D eigenvalue weighted by Crippen LogP contribution is -2.26. The summed E-state index contributed by atoms with van der Waals surface area (Å²) < 4.78 is 24.8. The Labute approximate surface area is 130 Å². The van der Waals surface area contributed by atoms with Crippen LogP contribution in [0.2, 0.25) is 0 Å². The maximum atomic E-state index is 12.4. The molecule has 0 amide bonds. The Hall–Kier alpha value is -1.08. The number of hydrogen-bond donors (Lipinski definition) is 1. The molecule has 0 bridgehead atoms. The van der Waals surface area contributed by atoms with Crippen molar-refractivity contribution in [1.29, 1.82) is 0 Å². The fraction of sp³-hybridized carbons (Fsp3) is 0.643. The van der Waals surface area contributed by atoms with E-state index in [9.17, 15) is 13.2 Å². The third-order valence-electron chi connectivity index (χ3n) is 3.74. The fourth-order valence-corrected chi connectivity index (χ4v) is 5.07. The van der Waals surface area contributed by atoms with Gasteiger partial charge < -0.3 is 10.6 Å². The van der Waals surface area contributed by atoms with Gasteiger partial charge in [0.25, 0.3) is 0 Å². The molecule has 21 heavy (non-hydrogen) atoms. The van der Waals surface area contributed by atoms with Crippen LogP contribution in [0.3, 0.4) is 0 Å². The molecule has 0 aromatic carbocycles. The Kier molecular flexibility index (Phi) is 4.63. The van der Waals surface area contributed by atoms with Gasteiger partial charge in [-0.2, -0.15) is 0 Å². The lowest BCUT2D eigenvalue weighted by atomic mass is 10.3. The van der Waals surface area contributed by atoms with E-state index in [4.69, 9.17) is 5.73 Å². The molecular weight excluding hydrogens is 308 g/mol. The normalized spacial score (nSPS) is 15.2. The van der Waals surface area contributed by atoms with Crippen molar-refractivity contribution in [2.45, 2.75) is 38.5 Å². The number of carbonyl (C=O) groups excluding carboxylic acids is 1. The van der Waals surface area contributed by atoms with E-state index < -0.39 is 9.84 Å². The van der Waals surface area contributed by atoms with Crippen LogP contribution in [0.4, 0.5) is 10.7 Å². The van der Waals surface area contributed by atoms with Gasteiger partial charge in [-0.05, 0) is 25.7 Å². The maximum absolute atomic E-state index is 12.4. The number of nitrogen functional groups attached to an aromatic ring is 1. The molecule has 1 aliphatic carbocycles. The summed E-state index contributed by atoms with van der Waals surface area (Å²) in [7, 11) is -3.45. The largest absolute Gasteiger partial charge is 0.396 e. The highest BCUT2D eigenvalue weighted by Crippen LogP contribution is 2.43. The number of carbonyl (C=O) groups is 1. The predicted octanol–water partition coefficient (Wildman–Crippen LogP) is 2.56. The number of anilines is 2. The third-order valence-corrected chi connectivity index (χ3v) is 7.03. The molecule has 0 unspecified atom stereocenters. The van der Waals surface area contributed by atoms with E-state index >= 15 is 0 Å². The van der Waals surface area contributed by atoms with Gasteiger partial charge in [0.15, 0.2) is 15.6 Å². The van der Waals surface area contributed by atoms with Crippen LogP contribution in [0.25, 0.3) is 0 Å². The Morgan fingerprint density at radius 2 is 2.00 bits per heavy atom. The molecule has 1 fully saturated rings. The molecule has 1 heterocycles. The van der Waals surface area contributed by atoms with Gasteiger partial charge in [-0.3, -0.25) is 4.79 Å². The summed E-state index contributed by atoms with van der Waals surface area (Å²) in [6, 6.07) is 0. The highest BCUT2D eigenvalue weighted by Gasteiger charge is 2.32. The lowest BCUT2D eigenvalue weighted by Gasteiger charge is -2.22. The van der Waals surface area contributed by atoms with Crippen LogP contribution in [-0.2, 0) is 9.84 Å². The second kappa shape index (κ2) is 5.96. The Balaban J connectivity index is 2.56. The zero-order chi connectivity index (χ0) is 15.8. The molecule has 2 rings (SSSR count). The quantitative estimate of drug-likeness (QED) is 0.777. The van der Waals surface area contributed by atoms with Crippen molar-refractivity contribution >= 4 is 37.6 Å². The molecule has 0 spiro atoms. The monoisotopic (exact) mass is 330 g/mol. The molecule has 0 radical (unpaired) electrons. The minimum absolute atomic E-state index is 0.0146. The van der Waals surface area contributed by atoms with Crippen LogP contribution < -0.4 is 10.6 Å². The zero-order valence-corrected chi connectivity index (χ0v) is 14.3. The first-order chi connectivity index (χ1) is 9.81. The minimum Gasteiger partial charge on any atom is -0.396 e. The molecule has 7 heteroatoms. The number of thiophene rings is 1. The van der Waals surface area contributed by atoms with Gasteiger partial charge in [0, 0.05) is 20.0 Å². The molecule has 118 valence electrons. The third kappa shape index (κ3) is 3.23. The molecule has 2 N–H and O–H groups in total. The van der Waals surface area contributed by atoms with E-state index in [1.54, 1.807) is 6.92 Å². The zero-order valence-electron chi connectivity index (χ0n) is 12.7. The molecule has 1 aromatic heterocycles. The molecule has 0 aliphatic heterocycles. The van der Waals surface area contributed by atoms with Crippen LogP contribution in [0.1, 0.15) is 43.3 Å². The van der Waals surface area contributed by atoms with Gasteiger partial charge in [-0.1, -0.05) is 6.92 Å². The lowest BCUT2D eigenvalue weighted by molar-refractivity contribution is 0.102. The van der Waals surface area contributed by atoms with Crippen LogP contribution in [0, 0.1) is 5.92 Å². The highest BCUT2D eigenvalue weighted by molar-refractivity contribution is 7.92. The van der Waals surface area contributed by atoms with Gasteiger partial charge in [0.2, 0.25) is 0 Å². The first kappa shape index (κ1) is 16.3. The van der Waals surface area contributed by atoms with Gasteiger partial charge in [-0.25, -0.2) is 8.42 Å². The smallest absolute Gasteiger partial charge is 0.183 e. The average Bonchev–Trinajstić information content (AvgIpc) is 3.17. The van der Waals surface area contributed by atoms with Crippen LogP contribution >= 0.6 is 11.3 Å². The van der Waals surface area contributed by atoms with Crippen molar-refractivity contribution < 1.29 is 13.2 Å². The van der Waals surface area contributed by atoms with Crippen LogP contribution in [0.15, 0.2) is 4.90 Å². The fourth-order valence-electron chi connectivity index (χ4n) is 2.30. The standard InChI is InChI=1S/C14H22N2O3S2/c1-4-16(8-10-6-7-10)14-13(21(18,19)5-2)11(15)12(20-14)9(3)17/h10H,4-8,15H2,1-3H3. The Morgan fingerprint density at radius 3 is 2.43 bits per heavy atom. The van der Waals surface area contributed by atoms with Crippen molar-refractivity contribution in [2.24, 2.45) is 5.92 Å². The van der Waals surface area contributed by atoms with E-state index in [0.29, 0.717) is 22.3 Å². The molecule has 5 nitrogen and oxygen atoms in total. The molecular formula is C14H22N2O3S2. The van der Waals surface area contributed by atoms with E-state index in [0.717, 1.165) is 6.54 Å². The van der Waals surface area contributed by atoms with E-state index in [2.05, 4.69) is 0 Å². The molecule has 0 atom stereocenters. The summed E-state index contributed by atoms with van der Waals surface area (Å²) in [4.78, 5) is 14.3. The summed E-state index contributed by atoms with van der Waals surface area (Å²) in [5.74, 6) is 0.434. The van der Waals surface area contributed by atoms with Crippen molar-refractivity contribution in [3.8, 4) is 0 Å². The number of nitrogens with two attached hydrogens (primary N) is 1. The SMILES string of the molecule is CCN(CC1CC1)c1sc(C(C)=O)c(N)c1S(=O)(=O)CC. The van der Waals surface area contributed by atoms with Crippen molar-refractivity contribution in [2.75, 3.05) is 29.5 Å². The predicted molar refractivity (Wildman–Crippen MR) is 87.1 cm³/mol. The second-order valence-electron chi connectivity index (χ2n) is 5.42. The Morgan fingerprint density at radius 1 is 1.38 bits per heavy atom. The first-order valence-electron chi connectivity index (χ1n) is 7.22. The maximum Gasteiger partial charge on any atom is 0.183 e. The highest BCUT2D eigenvalue weighted by atomic mass is 32.2. The second-order valence-corrected chi connectivity index (χ2v) is 8.63. The molecule has 0 saturated heterocycles.